The van der Waals surface area contributed by atoms with Crippen LogP contribution in [0.3, 0.4) is 0 Å². The Morgan fingerprint density at radius 3 is 2.32 bits per heavy atom. The monoisotopic (exact) mass is 342 g/mol. The maximum Gasteiger partial charge on any atom is 0.324 e. The van der Waals surface area contributed by atoms with Crippen molar-refractivity contribution in [1.29, 1.82) is 0 Å². The zero-order chi connectivity index (χ0) is 18.3. The summed E-state index contributed by atoms with van der Waals surface area (Å²) < 4.78 is 15.0. The molecule has 1 saturated heterocycles. The number of rotatable bonds is 6. The molecule has 5 heteroatoms. The minimum absolute atomic E-state index is 0.00661. The summed E-state index contributed by atoms with van der Waals surface area (Å²) >= 11 is 0. The number of ether oxygens (including phenoxy) is 3. The van der Waals surface area contributed by atoms with Crippen molar-refractivity contribution in [2.75, 3.05) is 14.2 Å². The lowest BCUT2D eigenvalue weighted by molar-refractivity contribution is -0.168. The van der Waals surface area contributed by atoms with Crippen LogP contribution in [0.2, 0.25) is 0 Å². The summed E-state index contributed by atoms with van der Waals surface area (Å²) in [5.74, 6) is 4.57. The van der Waals surface area contributed by atoms with Gasteiger partial charge in [-0.05, 0) is 25.5 Å². The van der Waals surface area contributed by atoms with E-state index in [0.717, 1.165) is 5.56 Å². The molecule has 1 fully saturated rings. The molecule has 1 heterocycles. The van der Waals surface area contributed by atoms with Gasteiger partial charge in [-0.25, -0.2) is 0 Å². The van der Waals surface area contributed by atoms with Gasteiger partial charge in [-0.3, -0.25) is 9.59 Å². The largest absolute Gasteiger partial charge is 0.468 e. The van der Waals surface area contributed by atoms with Gasteiger partial charge < -0.3 is 14.2 Å². The Hall–Kier alpha value is -2.58. The van der Waals surface area contributed by atoms with E-state index in [1.54, 1.807) is 6.08 Å². The van der Waals surface area contributed by atoms with Crippen LogP contribution in [0.1, 0.15) is 25.3 Å². The smallest absolute Gasteiger partial charge is 0.324 e. The van der Waals surface area contributed by atoms with E-state index in [1.807, 2.05) is 43.3 Å². The predicted octanol–water partition coefficient (Wildman–Crippen LogP) is 2.49. The lowest BCUT2D eigenvalue weighted by Gasteiger charge is -2.24. The SMILES string of the molecule is COC(=O)C(CC#Cc1ccccc1)(C/C=C\[C@H]1O[C@@H]1C)C(=O)OC. The molecule has 132 valence electrons. The van der Waals surface area contributed by atoms with Crippen LogP contribution in [0.5, 0.6) is 0 Å². The zero-order valence-corrected chi connectivity index (χ0v) is 14.7. The van der Waals surface area contributed by atoms with Gasteiger partial charge in [0.25, 0.3) is 0 Å². The van der Waals surface area contributed by atoms with Crippen LogP contribution < -0.4 is 0 Å². The number of hydrogen-bond donors (Lipinski definition) is 0. The Bertz CT molecular complexity index is 680. The van der Waals surface area contributed by atoms with Crippen LogP contribution in [0.25, 0.3) is 0 Å². The van der Waals surface area contributed by atoms with Crippen LogP contribution >= 0.6 is 0 Å². The Balaban J connectivity index is 2.22. The molecule has 0 amide bonds. The number of carbonyl (C=O) groups is 2. The summed E-state index contributed by atoms with van der Waals surface area (Å²) in [4.78, 5) is 24.8. The zero-order valence-electron chi connectivity index (χ0n) is 14.7. The van der Waals surface area contributed by atoms with E-state index in [4.69, 9.17) is 14.2 Å². The molecule has 0 spiro atoms. The number of allylic oxidation sites excluding steroid dienone is 1. The molecule has 0 aliphatic carbocycles. The molecule has 0 saturated carbocycles. The third kappa shape index (κ3) is 4.71. The van der Waals surface area contributed by atoms with E-state index >= 15 is 0 Å². The second kappa shape index (κ2) is 8.50. The van der Waals surface area contributed by atoms with Crippen LogP contribution in [-0.4, -0.2) is 38.4 Å². The molecule has 0 unspecified atom stereocenters. The first-order valence-corrected chi connectivity index (χ1v) is 8.06. The summed E-state index contributed by atoms with van der Waals surface area (Å²) in [7, 11) is 2.50. The number of hydrogen-bond acceptors (Lipinski definition) is 5. The Labute approximate surface area is 148 Å². The van der Waals surface area contributed by atoms with E-state index in [0.29, 0.717) is 0 Å². The molecule has 1 aliphatic heterocycles. The van der Waals surface area contributed by atoms with Crippen molar-refractivity contribution < 1.29 is 23.8 Å². The normalized spacial score (nSPS) is 19.0. The van der Waals surface area contributed by atoms with Crippen molar-refractivity contribution in [3.05, 3.63) is 48.0 Å². The minimum atomic E-state index is -1.49. The molecule has 1 aliphatic rings. The fourth-order valence-electron chi connectivity index (χ4n) is 2.48. The van der Waals surface area contributed by atoms with Crippen LogP contribution in [0.15, 0.2) is 42.5 Å². The molecule has 1 aromatic rings. The summed E-state index contributed by atoms with van der Waals surface area (Å²) in [5, 5.41) is 0. The first-order valence-electron chi connectivity index (χ1n) is 8.06. The number of esters is 2. The Kier molecular flexibility index (Phi) is 6.37. The van der Waals surface area contributed by atoms with Crippen molar-refractivity contribution in [3.63, 3.8) is 0 Å². The average molecular weight is 342 g/mol. The maximum absolute atomic E-state index is 12.4. The lowest BCUT2D eigenvalue weighted by atomic mass is 9.81. The van der Waals surface area contributed by atoms with Crippen LogP contribution in [-0.2, 0) is 23.8 Å². The summed E-state index contributed by atoms with van der Waals surface area (Å²) in [6.07, 6.45) is 3.94. The highest BCUT2D eigenvalue weighted by atomic mass is 16.6. The van der Waals surface area contributed by atoms with E-state index in [-0.39, 0.29) is 25.0 Å². The lowest BCUT2D eigenvalue weighted by Crippen LogP contribution is -2.40. The molecule has 0 aromatic heterocycles. The van der Waals surface area contributed by atoms with Crippen molar-refractivity contribution >= 4 is 11.9 Å². The highest BCUT2D eigenvalue weighted by Gasteiger charge is 2.47. The third-order valence-electron chi connectivity index (χ3n) is 4.10. The Morgan fingerprint density at radius 2 is 1.80 bits per heavy atom. The molecule has 2 rings (SSSR count). The van der Waals surface area contributed by atoms with Crippen molar-refractivity contribution in [2.24, 2.45) is 5.41 Å². The van der Waals surface area contributed by atoms with Gasteiger partial charge in [0, 0.05) is 12.0 Å². The molecule has 1 aromatic carbocycles. The topological polar surface area (TPSA) is 65.1 Å². The first kappa shape index (κ1) is 18.8. The van der Waals surface area contributed by atoms with Crippen LogP contribution in [0.4, 0.5) is 0 Å². The molecule has 5 nitrogen and oxygen atoms in total. The quantitative estimate of drug-likeness (QED) is 0.261. The number of epoxide rings is 1. The van der Waals surface area contributed by atoms with Crippen molar-refractivity contribution in [1.82, 2.24) is 0 Å². The summed E-state index contributed by atoms with van der Waals surface area (Å²) in [6, 6.07) is 9.35. The standard InChI is InChI=1S/C20H22O5/c1-15-17(25-15)12-8-14-20(18(21)23-2,19(22)24-3)13-7-11-16-9-5-4-6-10-16/h4-6,8-10,12,15,17H,13-14H2,1-3H3/b12-8-/t15-,17-/m1/s1. The molecular weight excluding hydrogens is 320 g/mol. The molecule has 0 bridgehead atoms. The molecule has 0 radical (unpaired) electrons. The van der Waals surface area contributed by atoms with Crippen LogP contribution in [0, 0.1) is 17.3 Å². The predicted molar refractivity (Wildman–Crippen MR) is 92.5 cm³/mol. The van der Waals surface area contributed by atoms with E-state index in [2.05, 4.69) is 11.8 Å². The van der Waals surface area contributed by atoms with E-state index in [9.17, 15) is 9.59 Å². The average Bonchev–Trinajstić information content (AvgIpc) is 3.35. The fraction of sp³-hybridized carbons (Fsp3) is 0.400. The molecule has 2 atom stereocenters. The number of methoxy groups -OCH3 is 2. The highest BCUT2D eigenvalue weighted by molar-refractivity contribution is 6.00. The van der Waals surface area contributed by atoms with Gasteiger partial charge in [-0.2, -0.15) is 0 Å². The number of carbonyl (C=O) groups excluding carboxylic acids is 2. The molecular formula is C20H22O5. The summed E-state index contributed by atoms with van der Waals surface area (Å²) in [6.45, 7) is 1.95. The fourth-order valence-corrected chi connectivity index (χ4v) is 2.48. The van der Waals surface area contributed by atoms with Gasteiger partial charge >= 0.3 is 11.9 Å². The van der Waals surface area contributed by atoms with Gasteiger partial charge in [0.1, 0.15) is 6.10 Å². The van der Waals surface area contributed by atoms with Gasteiger partial charge in [-0.15, -0.1) is 0 Å². The van der Waals surface area contributed by atoms with Gasteiger partial charge in [0.05, 0.1) is 20.3 Å². The van der Waals surface area contributed by atoms with Gasteiger partial charge in [0.2, 0.25) is 0 Å². The first-order chi connectivity index (χ1) is 12.0. The van der Waals surface area contributed by atoms with Crippen molar-refractivity contribution in [3.8, 4) is 11.8 Å². The second-order valence-electron chi connectivity index (χ2n) is 5.85. The van der Waals surface area contributed by atoms with Crippen molar-refractivity contribution in [2.45, 2.75) is 32.0 Å². The van der Waals surface area contributed by atoms with E-state index < -0.39 is 17.4 Å². The van der Waals surface area contributed by atoms with Gasteiger partial charge in [0.15, 0.2) is 5.41 Å². The maximum atomic E-state index is 12.4. The Morgan fingerprint density at radius 1 is 1.20 bits per heavy atom. The third-order valence-corrected chi connectivity index (χ3v) is 4.10. The highest BCUT2D eigenvalue weighted by Crippen LogP contribution is 2.32. The number of benzene rings is 1. The second-order valence-corrected chi connectivity index (χ2v) is 5.85. The summed E-state index contributed by atoms with van der Waals surface area (Å²) in [5.41, 5.74) is -0.679. The molecule has 25 heavy (non-hydrogen) atoms. The molecule has 0 N–H and O–H groups in total. The van der Waals surface area contributed by atoms with E-state index in [1.165, 1.54) is 14.2 Å². The van der Waals surface area contributed by atoms with Gasteiger partial charge in [-0.1, -0.05) is 42.2 Å². The minimum Gasteiger partial charge on any atom is -0.468 e.